The third-order valence-corrected chi connectivity index (χ3v) is 3.56. The molecule has 4 heteroatoms. The molecule has 3 aromatic rings. The van der Waals surface area contributed by atoms with E-state index in [1.807, 2.05) is 19.1 Å². The standard InChI is InChI=1S/C17H15FN2O/c1-10-4-3-5-14(18)17(10)11-6-12-9-20-16(21-2)8-13(12)15(19)7-11/h3-9H,19H2,1-2H3. The Labute approximate surface area is 122 Å². The minimum Gasteiger partial charge on any atom is -0.481 e. The van der Waals surface area contributed by atoms with Crippen molar-refractivity contribution in [3.8, 4) is 17.0 Å². The number of hydrogen-bond donors (Lipinski definition) is 1. The Morgan fingerprint density at radius 1 is 1.19 bits per heavy atom. The van der Waals surface area contributed by atoms with Gasteiger partial charge in [0.2, 0.25) is 5.88 Å². The van der Waals surface area contributed by atoms with E-state index in [1.54, 1.807) is 31.5 Å². The first-order chi connectivity index (χ1) is 10.1. The molecule has 0 unspecified atom stereocenters. The summed E-state index contributed by atoms with van der Waals surface area (Å²) in [6.45, 7) is 1.88. The lowest BCUT2D eigenvalue weighted by Gasteiger charge is -2.11. The molecule has 0 saturated carbocycles. The van der Waals surface area contributed by atoms with Crippen molar-refractivity contribution in [3.05, 3.63) is 54.0 Å². The highest BCUT2D eigenvalue weighted by atomic mass is 19.1. The lowest BCUT2D eigenvalue weighted by molar-refractivity contribution is 0.399. The van der Waals surface area contributed by atoms with Crippen molar-refractivity contribution in [2.24, 2.45) is 0 Å². The van der Waals surface area contributed by atoms with Gasteiger partial charge in [-0.2, -0.15) is 0 Å². The van der Waals surface area contributed by atoms with Gasteiger partial charge in [-0.05, 0) is 36.2 Å². The second-order valence-corrected chi connectivity index (χ2v) is 4.95. The Kier molecular flexibility index (Phi) is 3.22. The van der Waals surface area contributed by atoms with Gasteiger partial charge < -0.3 is 10.5 Å². The molecule has 0 atom stereocenters. The van der Waals surface area contributed by atoms with E-state index in [2.05, 4.69) is 4.98 Å². The molecule has 3 nitrogen and oxygen atoms in total. The van der Waals surface area contributed by atoms with Crippen LogP contribution in [-0.2, 0) is 0 Å². The number of anilines is 1. The number of pyridine rings is 1. The minimum absolute atomic E-state index is 0.254. The van der Waals surface area contributed by atoms with Crippen molar-refractivity contribution in [1.82, 2.24) is 4.98 Å². The summed E-state index contributed by atoms with van der Waals surface area (Å²) in [5.41, 5.74) is 8.88. The average Bonchev–Trinajstić information content (AvgIpc) is 2.47. The molecular formula is C17H15FN2O. The molecule has 1 aromatic heterocycles. The molecular weight excluding hydrogens is 267 g/mol. The minimum atomic E-state index is -0.254. The van der Waals surface area contributed by atoms with Gasteiger partial charge in [-0.3, -0.25) is 0 Å². The van der Waals surface area contributed by atoms with Gasteiger partial charge in [0.15, 0.2) is 0 Å². The van der Waals surface area contributed by atoms with E-state index in [0.29, 0.717) is 17.1 Å². The molecule has 0 radical (unpaired) electrons. The van der Waals surface area contributed by atoms with Crippen LogP contribution in [0.4, 0.5) is 10.1 Å². The highest BCUT2D eigenvalue weighted by molar-refractivity contribution is 5.97. The zero-order chi connectivity index (χ0) is 15.0. The summed E-state index contributed by atoms with van der Waals surface area (Å²) in [6.07, 6.45) is 1.68. The number of nitrogen functional groups attached to an aromatic ring is 1. The maximum Gasteiger partial charge on any atom is 0.213 e. The molecule has 2 N–H and O–H groups in total. The fraction of sp³-hybridized carbons (Fsp3) is 0.118. The van der Waals surface area contributed by atoms with Crippen LogP contribution in [0.5, 0.6) is 5.88 Å². The first-order valence-corrected chi connectivity index (χ1v) is 6.59. The molecule has 0 amide bonds. The van der Waals surface area contributed by atoms with Crippen molar-refractivity contribution < 1.29 is 9.13 Å². The maximum absolute atomic E-state index is 14.1. The molecule has 0 fully saturated rings. The van der Waals surface area contributed by atoms with Gasteiger partial charge in [0, 0.05) is 34.3 Å². The van der Waals surface area contributed by atoms with Gasteiger partial charge in [-0.1, -0.05) is 12.1 Å². The van der Waals surface area contributed by atoms with Crippen LogP contribution in [0.15, 0.2) is 42.6 Å². The average molecular weight is 282 g/mol. The number of hydrogen-bond acceptors (Lipinski definition) is 3. The maximum atomic E-state index is 14.1. The first kappa shape index (κ1) is 13.4. The Morgan fingerprint density at radius 2 is 2.00 bits per heavy atom. The van der Waals surface area contributed by atoms with E-state index in [0.717, 1.165) is 21.9 Å². The van der Waals surface area contributed by atoms with E-state index in [-0.39, 0.29) is 5.82 Å². The number of nitrogens with two attached hydrogens (primary N) is 1. The van der Waals surface area contributed by atoms with Crippen LogP contribution in [0.1, 0.15) is 5.56 Å². The quantitative estimate of drug-likeness (QED) is 0.724. The number of ether oxygens (including phenoxy) is 1. The Balaban J connectivity index is 2.26. The fourth-order valence-electron chi connectivity index (χ4n) is 2.52. The first-order valence-electron chi connectivity index (χ1n) is 6.59. The lowest BCUT2D eigenvalue weighted by atomic mass is 9.97. The van der Waals surface area contributed by atoms with Crippen LogP contribution < -0.4 is 10.5 Å². The van der Waals surface area contributed by atoms with Crippen LogP contribution >= 0.6 is 0 Å². The highest BCUT2D eigenvalue weighted by Crippen LogP contribution is 2.33. The zero-order valence-electron chi connectivity index (χ0n) is 11.9. The second-order valence-electron chi connectivity index (χ2n) is 4.95. The molecule has 0 aliphatic heterocycles. The fourth-order valence-corrected chi connectivity index (χ4v) is 2.52. The number of aromatic nitrogens is 1. The Bertz CT molecular complexity index is 810. The van der Waals surface area contributed by atoms with E-state index >= 15 is 0 Å². The smallest absolute Gasteiger partial charge is 0.213 e. The molecule has 0 aliphatic rings. The molecule has 0 aliphatic carbocycles. The zero-order valence-corrected chi connectivity index (χ0v) is 11.9. The second kappa shape index (κ2) is 5.05. The molecule has 0 spiro atoms. The van der Waals surface area contributed by atoms with E-state index in [4.69, 9.17) is 10.5 Å². The van der Waals surface area contributed by atoms with Crippen molar-refractivity contribution >= 4 is 16.5 Å². The number of halogens is 1. The normalized spacial score (nSPS) is 10.8. The highest BCUT2D eigenvalue weighted by Gasteiger charge is 2.11. The molecule has 3 rings (SSSR count). The van der Waals surface area contributed by atoms with Crippen molar-refractivity contribution in [1.29, 1.82) is 0 Å². The van der Waals surface area contributed by atoms with Crippen molar-refractivity contribution in [3.63, 3.8) is 0 Å². The van der Waals surface area contributed by atoms with Gasteiger partial charge >= 0.3 is 0 Å². The molecule has 2 aromatic carbocycles. The van der Waals surface area contributed by atoms with Gasteiger partial charge in [-0.15, -0.1) is 0 Å². The molecule has 21 heavy (non-hydrogen) atoms. The number of rotatable bonds is 2. The predicted molar refractivity (Wildman–Crippen MR) is 82.8 cm³/mol. The van der Waals surface area contributed by atoms with Crippen molar-refractivity contribution in [2.45, 2.75) is 6.92 Å². The van der Waals surface area contributed by atoms with Gasteiger partial charge in [0.1, 0.15) is 5.82 Å². The summed E-state index contributed by atoms with van der Waals surface area (Å²) in [5.74, 6) is 0.249. The number of benzene rings is 2. The lowest BCUT2D eigenvalue weighted by Crippen LogP contribution is -1.94. The monoisotopic (exact) mass is 282 g/mol. The van der Waals surface area contributed by atoms with E-state index < -0.39 is 0 Å². The topological polar surface area (TPSA) is 48.1 Å². The van der Waals surface area contributed by atoms with Crippen LogP contribution in [0.2, 0.25) is 0 Å². The summed E-state index contributed by atoms with van der Waals surface area (Å²) < 4.78 is 19.2. The van der Waals surface area contributed by atoms with Gasteiger partial charge in [-0.25, -0.2) is 9.37 Å². The SMILES string of the molecule is COc1cc2c(N)cc(-c3c(C)cccc3F)cc2cn1. The molecule has 0 bridgehead atoms. The summed E-state index contributed by atoms with van der Waals surface area (Å²) >= 11 is 0. The number of aryl methyl sites for hydroxylation is 1. The number of nitrogens with zero attached hydrogens (tertiary/aromatic N) is 1. The Morgan fingerprint density at radius 3 is 2.71 bits per heavy atom. The van der Waals surface area contributed by atoms with Crippen LogP contribution in [0.3, 0.4) is 0 Å². The molecule has 106 valence electrons. The predicted octanol–water partition coefficient (Wildman–Crippen LogP) is 3.94. The Hall–Kier alpha value is -2.62. The molecule has 0 saturated heterocycles. The van der Waals surface area contributed by atoms with E-state index in [9.17, 15) is 4.39 Å². The van der Waals surface area contributed by atoms with Gasteiger partial charge in [0.25, 0.3) is 0 Å². The van der Waals surface area contributed by atoms with Gasteiger partial charge in [0.05, 0.1) is 7.11 Å². The van der Waals surface area contributed by atoms with Crippen LogP contribution in [-0.4, -0.2) is 12.1 Å². The largest absolute Gasteiger partial charge is 0.481 e. The number of fused-ring (bicyclic) bond motifs is 1. The van der Waals surface area contributed by atoms with Crippen molar-refractivity contribution in [2.75, 3.05) is 12.8 Å². The summed E-state index contributed by atoms with van der Waals surface area (Å²) in [7, 11) is 1.56. The van der Waals surface area contributed by atoms with E-state index in [1.165, 1.54) is 6.07 Å². The van der Waals surface area contributed by atoms with Crippen LogP contribution in [0.25, 0.3) is 21.9 Å². The number of methoxy groups -OCH3 is 1. The molecule has 1 heterocycles. The van der Waals surface area contributed by atoms with Crippen LogP contribution in [0, 0.1) is 12.7 Å². The third kappa shape index (κ3) is 2.29. The third-order valence-electron chi connectivity index (χ3n) is 3.56. The summed E-state index contributed by atoms with van der Waals surface area (Å²) in [5, 5.41) is 1.70. The summed E-state index contributed by atoms with van der Waals surface area (Å²) in [6, 6.07) is 10.5. The summed E-state index contributed by atoms with van der Waals surface area (Å²) in [4.78, 5) is 4.17.